The van der Waals surface area contributed by atoms with Gasteiger partial charge in [-0.15, -0.1) is 0 Å². The number of amides is 1. The van der Waals surface area contributed by atoms with E-state index in [2.05, 4.69) is 5.32 Å². The molecule has 5 N–H and O–H groups in total. The van der Waals surface area contributed by atoms with Gasteiger partial charge in [0, 0.05) is 6.92 Å². The summed E-state index contributed by atoms with van der Waals surface area (Å²) < 4.78 is 0. The van der Waals surface area contributed by atoms with Crippen LogP contribution in [0.25, 0.3) is 0 Å². The van der Waals surface area contributed by atoms with Crippen LogP contribution >= 0.6 is 0 Å². The van der Waals surface area contributed by atoms with Crippen LogP contribution in [0.1, 0.15) is 13.8 Å². The first-order chi connectivity index (χ1) is 6.40. The van der Waals surface area contributed by atoms with Crippen molar-refractivity contribution in [2.45, 2.75) is 38.2 Å². The third-order valence-corrected chi connectivity index (χ3v) is 1.87. The van der Waals surface area contributed by atoms with E-state index in [1.165, 1.54) is 13.8 Å². The fourth-order valence-electron chi connectivity index (χ4n) is 1.04. The van der Waals surface area contributed by atoms with E-state index in [9.17, 15) is 15.0 Å². The van der Waals surface area contributed by atoms with Crippen LogP contribution in [0.4, 0.5) is 0 Å². The van der Waals surface area contributed by atoms with Gasteiger partial charge < -0.3 is 25.7 Å². The van der Waals surface area contributed by atoms with Gasteiger partial charge in [0.2, 0.25) is 5.91 Å². The van der Waals surface area contributed by atoms with Crippen LogP contribution in [-0.4, -0.2) is 57.3 Å². The first-order valence-corrected chi connectivity index (χ1v) is 4.32. The summed E-state index contributed by atoms with van der Waals surface area (Å²) in [6.45, 7) is 2.11. The van der Waals surface area contributed by atoms with Crippen LogP contribution < -0.4 is 5.32 Å². The Morgan fingerprint density at radius 3 is 2.14 bits per heavy atom. The first-order valence-electron chi connectivity index (χ1n) is 4.32. The van der Waals surface area contributed by atoms with E-state index in [0.29, 0.717) is 0 Å². The summed E-state index contributed by atoms with van der Waals surface area (Å²) in [4.78, 5) is 10.6. The fraction of sp³-hybridized carbons (Fsp3) is 0.875. The minimum atomic E-state index is -1.48. The van der Waals surface area contributed by atoms with E-state index in [4.69, 9.17) is 10.2 Å². The molecule has 0 bridgehead atoms. The minimum Gasteiger partial charge on any atom is -0.394 e. The smallest absolute Gasteiger partial charge is 0.217 e. The van der Waals surface area contributed by atoms with Gasteiger partial charge in [0.15, 0.2) is 0 Å². The Labute approximate surface area is 82.2 Å². The zero-order valence-corrected chi connectivity index (χ0v) is 8.21. The molecule has 0 saturated heterocycles. The number of nitrogens with one attached hydrogen (secondary N) is 1. The molecular weight excluding hydrogens is 190 g/mol. The van der Waals surface area contributed by atoms with Crippen LogP contribution in [0.3, 0.4) is 0 Å². The number of aliphatic hydroxyl groups is 4. The molecule has 0 spiro atoms. The summed E-state index contributed by atoms with van der Waals surface area (Å²) in [7, 11) is 0. The van der Waals surface area contributed by atoms with E-state index in [-0.39, 0.29) is 5.91 Å². The molecule has 6 nitrogen and oxygen atoms in total. The van der Waals surface area contributed by atoms with Gasteiger partial charge in [-0.05, 0) is 6.92 Å². The van der Waals surface area contributed by atoms with Gasteiger partial charge in [0.25, 0.3) is 0 Å². The SMILES string of the molecule is CC(=O)N[C@@H](C)[C@@H](O)[C@@H](O)[C@H](O)CO. The second kappa shape index (κ2) is 5.92. The molecule has 0 fully saturated rings. The second-order valence-corrected chi connectivity index (χ2v) is 3.22. The van der Waals surface area contributed by atoms with Gasteiger partial charge in [-0.3, -0.25) is 4.79 Å². The highest BCUT2D eigenvalue weighted by atomic mass is 16.4. The molecule has 1 amide bonds. The Hall–Kier alpha value is -0.690. The van der Waals surface area contributed by atoms with Crippen molar-refractivity contribution in [1.29, 1.82) is 0 Å². The van der Waals surface area contributed by atoms with E-state index < -0.39 is 31.0 Å². The lowest BCUT2D eigenvalue weighted by atomic mass is 10.0. The second-order valence-electron chi connectivity index (χ2n) is 3.22. The molecule has 4 atom stereocenters. The highest BCUT2D eigenvalue weighted by Crippen LogP contribution is 2.04. The number of rotatable bonds is 5. The van der Waals surface area contributed by atoms with Gasteiger partial charge in [0.1, 0.15) is 18.3 Å². The van der Waals surface area contributed by atoms with Gasteiger partial charge >= 0.3 is 0 Å². The standard InChI is InChI=1S/C8H17NO5/c1-4(9-5(2)11)7(13)8(14)6(12)3-10/h4,6-8,10,12-14H,3H2,1-2H3,(H,9,11)/t4-,6+,7+,8-/m0/s1. The number of hydrogen-bond acceptors (Lipinski definition) is 5. The lowest BCUT2D eigenvalue weighted by Crippen LogP contribution is -2.50. The Balaban J connectivity index is 4.15. The number of aliphatic hydroxyl groups excluding tert-OH is 4. The van der Waals surface area contributed by atoms with Crippen molar-refractivity contribution in [3.05, 3.63) is 0 Å². The van der Waals surface area contributed by atoms with Gasteiger partial charge in [-0.2, -0.15) is 0 Å². The highest BCUT2D eigenvalue weighted by Gasteiger charge is 2.28. The minimum absolute atomic E-state index is 0.345. The van der Waals surface area contributed by atoms with Crippen LogP contribution in [0.2, 0.25) is 0 Å². The van der Waals surface area contributed by atoms with E-state index in [0.717, 1.165) is 0 Å². The van der Waals surface area contributed by atoms with Crippen molar-refractivity contribution in [3.63, 3.8) is 0 Å². The van der Waals surface area contributed by atoms with E-state index >= 15 is 0 Å². The molecule has 0 aromatic rings. The van der Waals surface area contributed by atoms with Crippen molar-refractivity contribution in [1.82, 2.24) is 5.32 Å². The summed E-state index contributed by atoms with van der Waals surface area (Å²) in [5, 5.41) is 38.5. The third-order valence-electron chi connectivity index (χ3n) is 1.87. The van der Waals surface area contributed by atoms with E-state index in [1.54, 1.807) is 0 Å². The maximum absolute atomic E-state index is 10.6. The lowest BCUT2D eigenvalue weighted by molar-refractivity contribution is -0.123. The molecule has 0 aromatic heterocycles. The summed E-state index contributed by atoms with van der Waals surface area (Å²) in [6.07, 6.45) is -4.22. The van der Waals surface area contributed by atoms with E-state index in [1.807, 2.05) is 0 Å². The zero-order chi connectivity index (χ0) is 11.3. The predicted molar refractivity (Wildman–Crippen MR) is 48.4 cm³/mol. The molecule has 0 aliphatic rings. The van der Waals surface area contributed by atoms with Gasteiger partial charge in [0.05, 0.1) is 12.6 Å². The average Bonchev–Trinajstić information content (AvgIpc) is 2.13. The Morgan fingerprint density at radius 1 is 1.29 bits per heavy atom. The third kappa shape index (κ3) is 4.01. The quantitative estimate of drug-likeness (QED) is 0.345. The Morgan fingerprint density at radius 2 is 1.79 bits per heavy atom. The summed E-state index contributed by atoms with van der Waals surface area (Å²) in [5.41, 5.74) is 0. The van der Waals surface area contributed by atoms with Crippen LogP contribution in [0, 0.1) is 0 Å². The van der Waals surface area contributed by atoms with Crippen LogP contribution in [0.15, 0.2) is 0 Å². The van der Waals surface area contributed by atoms with Gasteiger partial charge in [-0.25, -0.2) is 0 Å². The molecule has 0 radical (unpaired) electrons. The molecule has 0 unspecified atom stereocenters. The normalized spacial score (nSPS) is 19.6. The number of hydrogen-bond donors (Lipinski definition) is 5. The Bertz CT molecular complexity index is 187. The molecule has 0 aliphatic heterocycles. The fourth-order valence-corrected chi connectivity index (χ4v) is 1.04. The van der Waals surface area contributed by atoms with Crippen molar-refractivity contribution < 1.29 is 25.2 Å². The molecule has 0 heterocycles. The number of carbonyl (C=O) groups is 1. The summed E-state index contributed by atoms with van der Waals surface area (Å²) >= 11 is 0. The summed E-state index contributed by atoms with van der Waals surface area (Å²) in [6, 6.07) is -0.691. The molecule has 6 heteroatoms. The highest BCUT2D eigenvalue weighted by molar-refractivity contribution is 5.73. The molecule has 84 valence electrons. The molecule has 14 heavy (non-hydrogen) atoms. The van der Waals surface area contributed by atoms with Crippen molar-refractivity contribution in [2.75, 3.05) is 6.61 Å². The lowest BCUT2D eigenvalue weighted by Gasteiger charge is -2.26. The summed E-state index contributed by atoms with van der Waals surface area (Å²) in [5.74, 6) is -0.345. The monoisotopic (exact) mass is 207 g/mol. The van der Waals surface area contributed by atoms with Crippen molar-refractivity contribution in [3.8, 4) is 0 Å². The molecule has 0 aliphatic carbocycles. The predicted octanol–water partition coefficient (Wildman–Crippen LogP) is -2.41. The number of carbonyl (C=O) groups excluding carboxylic acids is 1. The Kier molecular flexibility index (Phi) is 5.63. The molecule has 0 rings (SSSR count). The molecular formula is C8H17NO5. The van der Waals surface area contributed by atoms with Crippen molar-refractivity contribution >= 4 is 5.91 Å². The zero-order valence-electron chi connectivity index (χ0n) is 8.21. The first kappa shape index (κ1) is 13.3. The molecule has 0 aromatic carbocycles. The van der Waals surface area contributed by atoms with Crippen LogP contribution in [-0.2, 0) is 4.79 Å². The largest absolute Gasteiger partial charge is 0.394 e. The maximum Gasteiger partial charge on any atom is 0.217 e. The topological polar surface area (TPSA) is 110 Å². The van der Waals surface area contributed by atoms with Crippen molar-refractivity contribution in [2.24, 2.45) is 0 Å². The average molecular weight is 207 g/mol. The molecule has 0 saturated carbocycles. The maximum atomic E-state index is 10.6. The van der Waals surface area contributed by atoms with Crippen LogP contribution in [0.5, 0.6) is 0 Å². The van der Waals surface area contributed by atoms with Gasteiger partial charge in [-0.1, -0.05) is 0 Å².